The lowest BCUT2D eigenvalue weighted by Gasteiger charge is -2.26. The normalized spacial score (nSPS) is 21.3. The van der Waals surface area contributed by atoms with E-state index in [1.54, 1.807) is 11.8 Å². The number of amides is 1. The van der Waals surface area contributed by atoms with Crippen molar-refractivity contribution in [3.63, 3.8) is 0 Å². The number of aliphatic carboxylic acids is 1. The van der Waals surface area contributed by atoms with Crippen molar-refractivity contribution < 1.29 is 14.7 Å². The molecule has 2 atom stereocenters. The molecule has 4 nitrogen and oxygen atoms in total. The summed E-state index contributed by atoms with van der Waals surface area (Å²) in [7, 11) is 0. The maximum atomic E-state index is 12.5. The second-order valence-electron chi connectivity index (χ2n) is 7.58. The minimum Gasteiger partial charge on any atom is -0.481 e. The first-order chi connectivity index (χ1) is 11.2. The highest BCUT2D eigenvalue weighted by molar-refractivity contribution is 8.00. The highest BCUT2D eigenvalue weighted by Crippen LogP contribution is 2.34. The Morgan fingerprint density at radius 3 is 2.46 bits per heavy atom. The molecule has 1 saturated carbocycles. The van der Waals surface area contributed by atoms with Gasteiger partial charge in [-0.2, -0.15) is 0 Å². The van der Waals surface area contributed by atoms with Crippen LogP contribution < -0.4 is 5.32 Å². The van der Waals surface area contributed by atoms with Crippen LogP contribution in [0.25, 0.3) is 0 Å². The number of carbonyl (C=O) groups excluding carboxylic acids is 1. The number of nitrogens with one attached hydrogen (secondary N) is 1. The molecule has 1 aliphatic carbocycles. The molecule has 2 unspecified atom stereocenters. The third-order valence-electron chi connectivity index (χ3n) is 4.27. The van der Waals surface area contributed by atoms with Crippen LogP contribution in [0.5, 0.6) is 0 Å². The van der Waals surface area contributed by atoms with Gasteiger partial charge in [-0.25, -0.2) is 0 Å². The van der Waals surface area contributed by atoms with Crippen molar-refractivity contribution in [1.82, 2.24) is 0 Å². The summed E-state index contributed by atoms with van der Waals surface area (Å²) >= 11 is 1.80. The van der Waals surface area contributed by atoms with Crippen molar-refractivity contribution in [1.29, 1.82) is 0 Å². The van der Waals surface area contributed by atoms with E-state index in [0.29, 0.717) is 12.8 Å². The Balaban J connectivity index is 2.02. The molecule has 0 saturated heterocycles. The molecule has 5 heteroatoms. The molecule has 132 valence electrons. The number of carboxylic acids is 1. The minimum atomic E-state index is -0.785. The zero-order chi connectivity index (χ0) is 17.9. The lowest BCUT2D eigenvalue weighted by Crippen LogP contribution is -2.31. The number of carboxylic acid groups (broad SMARTS) is 1. The van der Waals surface area contributed by atoms with Crippen molar-refractivity contribution in [3.8, 4) is 0 Å². The van der Waals surface area contributed by atoms with Crippen molar-refractivity contribution in [3.05, 3.63) is 23.8 Å². The van der Waals surface area contributed by atoms with Crippen LogP contribution in [-0.4, -0.2) is 21.7 Å². The monoisotopic (exact) mass is 349 g/mol. The fourth-order valence-electron chi connectivity index (χ4n) is 3.08. The topological polar surface area (TPSA) is 66.4 Å². The number of benzene rings is 1. The number of rotatable bonds is 4. The van der Waals surface area contributed by atoms with Gasteiger partial charge in [-0.1, -0.05) is 27.2 Å². The van der Waals surface area contributed by atoms with Gasteiger partial charge in [0.05, 0.1) is 5.92 Å². The van der Waals surface area contributed by atoms with Crippen LogP contribution in [0.1, 0.15) is 52.0 Å². The number of hydrogen-bond donors (Lipinski definition) is 2. The summed E-state index contributed by atoms with van der Waals surface area (Å²) in [5, 5.41) is 12.1. The van der Waals surface area contributed by atoms with Gasteiger partial charge in [0.25, 0.3) is 0 Å². The first-order valence-corrected chi connectivity index (χ1v) is 9.30. The molecular formula is C19H27NO3S. The van der Waals surface area contributed by atoms with Crippen molar-refractivity contribution in [2.45, 2.75) is 63.0 Å². The van der Waals surface area contributed by atoms with Crippen LogP contribution >= 0.6 is 11.8 Å². The first kappa shape index (κ1) is 18.8. The molecule has 0 aromatic heterocycles. The zero-order valence-electron chi connectivity index (χ0n) is 14.9. The number of aryl methyl sites for hydroxylation is 1. The summed E-state index contributed by atoms with van der Waals surface area (Å²) in [6.45, 7) is 8.50. The molecule has 24 heavy (non-hydrogen) atoms. The van der Waals surface area contributed by atoms with E-state index in [1.807, 2.05) is 19.1 Å². The van der Waals surface area contributed by atoms with Gasteiger partial charge >= 0.3 is 5.97 Å². The van der Waals surface area contributed by atoms with Gasteiger partial charge in [-0.15, -0.1) is 11.8 Å². The molecule has 0 radical (unpaired) electrons. The standard InChI is InChI=1S/C19H27NO3S/c1-12-10-15(24-19(2,3)4)8-9-16(12)20-17(21)13-6-5-7-14(11-13)18(22)23/h8-10,13-14H,5-7,11H2,1-4H3,(H,20,21)(H,22,23). The Morgan fingerprint density at radius 1 is 1.21 bits per heavy atom. The van der Waals surface area contributed by atoms with Gasteiger partial charge in [0, 0.05) is 21.2 Å². The number of anilines is 1. The van der Waals surface area contributed by atoms with Crippen LogP contribution in [0.3, 0.4) is 0 Å². The molecule has 0 bridgehead atoms. The summed E-state index contributed by atoms with van der Waals surface area (Å²) in [6.07, 6.45) is 2.69. The van der Waals surface area contributed by atoms with E-state index in [4.69, 9.17) is 5.11 Å². The van der Waals surface area contributed by atoms with Gasteiger partial charge < -0.3 is 10.4 Å². The fourth-order valence-corrected chi connectivity index (χ4v) is 4.16. The highest BCUT2D eigenvalue weighted by atomic mass is 32.2. The van der Waals surface area contributed by atoms with Gasteiger partial charge in [-0.05, 0) is 49.9 Å². The van der Waals surface area contributed by atoms with E-state index in [1.165, 1.54) is 4.90 Å². The Labute approximate surface area is 148 Å². The third kappa shape index (κ3) is 5.26. The van der Waals surface area contributed by atoms with E-state index in [-0.39, 0.29) is 22.5 Å². The predicted molar refractivity (Wildman–Crippen MR) is 98.5 cm³/mol. The SMILES string of the molecule is Cc1cc(SC(C)(C)C)ccc1NC(=O)C1CCCC(C(=O)O)C1. The van der Waals surface area contributed by atoms with Crippen molar-refractivity contribution in [2.24, 2.45) is 11.8 Å². The largest absolute Gasteiger partial charge is 0.481 e. The van der Waals surface area contributed by atoms with Crippen molar-refractivity contribution >= 4 is 29.3 Å². The van der Waals surface area contributed by atoms with E-state index in [9.17, 15) is 9.59 Å². The lowest BCUT2D eigenvalue weighted by molar-refractivity contribution is -0.143. The molecule has 1 fully saturated rings. The molecule has 0 spiro atoms. The number of hydrogen-bond acceptors (Lipinski definition) is 3. The third-order valence-corrected chi connectivity index (χ3v) is 5.38. The van der Waals surface area contributed by atoms with Crippen LogP contribution in [0.2, 0.25) is 0 Å². The van der Waals surface area contributed by atoms with Gasteiger partial charge in [-0.3, -0.25) is 9.59 Å². The summed E-state index contributed by atoms with van der Waals surface area (Å²) < 4.78 is 0.144. The maximum Gasteiger partial charge on any atom is 0.306 e. The molecule has 2 rings (SSSR count). The summed E-state index contributed by atoms with van der Waals surface area (Å²) in [4.78, 5) is 24.8. The average Bonchev–Trinajstić information content (AvgIpc) is 2.48. The van der Waals surface area contributed by atoms with Gasteiger partial charge in [0.15, 0.2) is 0 Å². The summed E-state index contributed by atoms with van der Waals surface area (Å²) in [5.41, 5.74) is 1.85. The highest BCUT2D eigenvalue weighted by Gasteiger charge is 2.31. The minimum absolute atomic E-state index is 0.0553. The van der Waals surface area contributed by atoms with Crippen LogP contribution in [-0.2, 0) is 9.59 Å². The lowest BCUT2D eigenvalue weighted by atomic mass is 9.81. The van der Waals surface area contributed by atoms with Crippen LogP contribution in [0.15, 0.2) is 23.1 Å². The Kier molecular flexibility index (Phi) is 5.97. The van der Waals surface area contributed by atoms with Crippen molar-refractivity contribution in [2.75, 3.05) is 5.32 Å². The van der Waals surface area contributed by atoms with E-state index in [2.05, 4.69) is 32.2 Å². The summed E-state index contributed by atoms with van der Waals surface area (Å²) in [5.74, 6) is -1.43. The molecular weight excluding hydrogens is 322 g/mol. The smallest absolute Gasteiger partial charge is 0.306 e. The number of carbonyl (C=O) groups is 2. The fraction of sp³-hybridized carbons (Fsp3) is 0.579. The maximum absolute atomic E-state index is 12.5. The van der Waals surface area contributed by atoms with E-state index < -0.39 is 5.97 Å². The molecule has 2 N–H and O–H groups in total. The Bertz CT molecular complexity index is 622. The molecule has 0 aliphatic heterocycles. The second kappa shape index (κ2) is 7.60. The predicted octanol–water partition coefficient (Wildman–Crippen LogP) is 4.72. The molecule has 1 aromatic rings. The van der Waals surface area contributed by atoms with E-state index >= 15 is 0 Å². The number of thioether (sulfide) groups is 1. The second-order valence-corrected chi connectivity index (χ2v) is 9.48. The van der Waals surface area contributed by atoms with Crippen LogP contribution in [0.4, 0.5) is 5.69 Å². The molecule has 1 aliphatic rings. The van der Waals surface area contributed by atoms with E-state index in [0.717, 1.165) is 24.1 Å². The quantitative estimate of drug-likeness (QED) is 0.772. The van der Waals surface area contributed by atoms with Crippen LogP contribution in [0, 0.1) is 18.8 Å². The molecule has 1 amide bonds. The summed E-state index contributed by atoms with van der Waals surface area (Å²) in [6, 6.07) is 6.06. The Hall–Kier alpha value is -1.49. The van der Waals surface area contributed by atoms with Gasteiger partial charge in [0.2, 0.25) is 5.91 Å². The molecule has 1 aromatic carbocycles. The zero-order valence-corrected chi connectivity index (χ0v) is 15.7. The average molecular weight is 349 g/mol. The first-order valence-electron chi connectivity index (χ1n) is 8.49. The Morgan fingerprint density at radius 2 is 1.88 bits per heavy atom. The molecule has 0 heterocycles. The van der Waals surface area contributed by atoms with Gasteiger partial charge in [0.1, 0.15) is 0 Å².